The molecule has 23 heavy (non-hydrogen) atoms. The van der Waals surface area contributed by atoms with E-state index in [2.05, 4.69) is 33.2 Å². The van der Waals surface area contributed by atoms with Crippen LogP contribution in [-0.4, -0.2) is 49.4 Å². The van der Waals surface area contributed by atoms with E-state index in [4.69, 9.17) is 33.7 Å². The molecule has 1 saturated heterocycles. The molecule has 3 heterocycles. The summed E-state index contributed by atoms with van der Waals surface area (Å²) in [5.41, 5.74) is 6.62. The van der Waals surface area contributed by atoms with Gasteiger partial charge in [0.25, 0.3) is 0 Å². The summed E-state index contributed by atoms with van der Waals surface area (Å²) in [4.78, 5) is 6.77. The molecule has 0 aromatic carbocycles. The van der Waals surface area contributed by atoms with E-state index < -0.39 is 29.9 Å². The summed E-state index contributed by atoms with van der Waals surface area (Å²) in [5, 5.41) is 24.6. The summed E-state index contributed by atoms with van der Waals surface area (Å²) in [6.45, 7) is 3.37. The van der Waals surface area contributed by atoms with E-state index in [0.717, 1.165) is 0 Å². The van der Waals surface area contributed by atoms with Gasteiger partial charge in [-0.15, -0.1) is 0 Å². The van der Waals surface area contributed by atoms with Crippen molar-refractivity contribution in [1.29, 1.82) is 0 Å². The van der Waals surface area contributed by atoms with Crippen LogP contribution in [0.25, 0.3) is 5.70 Å². The number of aliphatic hydroxyl groups is 2. The Labute approximate surface area is 141 Å². The van der Waals surface area contributed by atoms with Crippen LogP contribution in [-0.2, 0) is 4.74 Å². The van der Waals surface area contributed by atoms with E-state index in [1.807, 2.05) is 0 Å². The van der Waals surface area contributed by atoms with Gasteiger partial charge in [0.1, 0.15) is 17.9 Å². The predicted octanol–water partition coefficient (Wildman–Crippen LogP) is -0.169. The quantitative estimate of drug-likeness (QED) is 0.431. The molecule has 1 aromatic rings. The number of aliphatic imine (C=N–C) groups is 1. The topological polar surface area (TPSA) is 118 Å². The van der Waals surface area contributed by atoms with E-state index in [-0.39, 0.29) is 5.96 Å². The lowest BCUT2D eigenvalue weighted by Gasteiger charge is -2.26. The van der Waals surface area contributed by atoms with E-state index in [1.165, 1.54) is 10.9 Å². The molecular weight excluding hydrogens is 345 g/mol. The Hall–Kier alpha value is -1.76. The first-order chi connectivity index (χ1) is 10.9. The first kappa shape index (κ1) is 16.1. The fourth-order valence-corrected chi connectivity index (χ4v) is 3.13. The van der Waals surface area contributed by atoms with Crippen molar-refractivity contribution in [2.75, 3.05) is 6.61 Å². The Balaban J connectivity index is 2.11. The summed E-state index contributed by atoms with van der Waals surface area (Å²) >= 11 is 11.9. The zero-order valence-corrected chi connectivity index (χ0v) is 13.2. The van der Waals surface area contributed by atoms with Crippen molar-refractivity contribution in [3.63, 3.8) is 0 Å². The van der Waals surface area contributed by atoms with Crippen LogP contribution in [0.2, 0.25) is 0 Å². The second-order valence-corrected chi connectivity index (χ2v) is 5.88. The number of rotatable bonds is 2. The molecule has 2 aliphatic rings. The molecule has 5 N–H and O–H groups in total. The number of alkyl halides is 1. The number of hydrogen-bond acceptors (Lipinski definition) is 7. The molecule has 0 bridgehead atoms. The maximum Gasteiger partial charge on any atom is 0.199 e. The maximum atomic E-state index is 10.3. The highest BCUT2D eigenvalue weighted by Gasteiger charge is 2.56. The molecule has 3 rings (SSSR count). The third-order valence-corrected chi connectivity index (χ3v) is 4.28. The summed E-state index contributed by atoms with van der Waals surface area (Å²) in [5.74, 6) is 3.01. The number of imidazole rings is 1. The smallest absolute Gasteiger partial charge is 0.199 e. The van der Waals surface area contributed by atoms with Gasteiger partial charge in [-0.05, 0) is 11.6 Å². The number of fused-ring (bicyclic) bond motifs is 1. The number of nitrogens with two attached hydrogens (primary N) is 1. The number of aromatic nitrogens is 2. The van der Waals surface area contributed by atoms with Crippen molar-refractivity contribution >= 4 is 40.7 Å². The molecule has 122 valence electrons. The molecule has 1 fully saturated rings. The molecule has 0 spiro atoms. The van der Waals surface area contributed by atoms with Crippen molar-refractivity contribution < 1.29 is 14.9 Å². The Morgan fingerprint density at radius 3 is 3.00 bits per heavy atom. The van der Waals surface area contributed by atoms with Gasteiger partial charge in [0, 0.05) is 5.38 Å². The van der Waals surface area contributed by atoms with Crippen LogP contribution in [0.15, 0.2) is 17.9 Å². The summed E-state index contributed by atoms with van der Waals surface area (Å²) in [6.07, 6.45) is -1.76. The molecule has 4 atom stereocenters. The Morgan fingerprint density at radius 1 is 1.61 bits per heavy atom. The van der Waals surface area contributed by atoms with Crippen LogP contribution < -0.4 is 11.1 Å². The zero-order valence-electron chi connectivity index (χ0n) is 11.7. The predicted molar refractivity (Wildman–Crippen MR) is 84.9 cm³/mol. The second-order valence-electron chi connectivity index (χ2n) is 5.07. The van der Waals surface area contributed by atoms with E-state index in [9.17, 15) is 10.2 Å². The highest BCUT2D eigenvalue weighted by Crippen LogP contribution is 2.45. The molecular formula is C13H13Cl2N5O3. The number of guanidine groups is 1. The van der Waals surface area contributed by atoms with Gasteiger partial charge in [-0.25, -0.2) is 4.98 Å². The molecule has 10 heteroatoms. The standard InChI is InChI=1S/C13H13Cl2N5O3/c1-6-8-10(19-12(16)18-6)20(5-17-8)11-13(15,2-3-14)9(22)7(4-21)23-11/h5,7,9,11,21-22H,1,4H2,(H3,16,18,19)/t7?,9?,11-,13-/m1/s1. The van der Waals surface area contributed by atoms with Crippen molar-refractivity contribution in [2.24, 2.45) is 10.7 Å². The van der Waals surface area contributed by atoms with Crippen LogP contribution in [0.1, 0.15) is 11.9 Å². The summed E-state index contributed by atoms with van der Waals surface area (Å²) in [6, 6.07) is 0. The average molecular weight is 358 g/mol. The SMILES string of the molecule is C=C1NC(N)=Nc2c1ncn2[C@@H]1OC(CO)C(O)[C@]1(Cl)C#CCl. The molecule has 0 amide bonds. The van der Waals surface area contributed by atoms with Gasteiger partial charge in [-0.3, -0.25) is 4.57 Å². The number of ether oxygens (including phenoxy) is 1. The van der Waals surface area contributed by atoms with E-state index in [0.29, 0.717) is 17.2 Å². The van der Waals surface area contributed by atoms with Gasteiger partial charge in [0.2, 0.25) is 0 Å². The van der Waals surface area contributed by atoms with Gasteiger partial charge in [-0.1, -0.05) is 24.1 Å². The molecule has 0 radical (unpaired) electrons. The van der Waals surface area contributed by atoms with E-state index >= 15 is 0 Å². The third kappa shape index (κ3) is 2.38. The fraction of sp³-hybridized carbons (Fsp3) is 0.385. The number of nitrogens with zero attached hydrogens (tertiary/aromatic N) is 3. The Kier molecular flexibility index (Phi) is 4.00. The Morgan fingerprint density at radius 2 is 2.35 bits per heavy atom. The number of aliphatic hydroxyl groups excluding tert-OH is 2. The van der Waals surface area contributed by atoms with Gasteiger partial charge < -0.3 is 26.0 Å². The summed E-state index contributed by atoms with van der Waals surface area (Å²) < 4.78 is 7.12. The van der Waals surface area contributed by atoms with Crippen molar-refractivity contribution in [2.45, 2.75) is 23.3 Å². The second kappa shape index (κ2) is 5.70. The number of halogens is 2. The Bertz CT molecular complexity index is 753. The highest BCUT2D eigenvalue weighted by molar-refractivity contribution is 6.32. The largest absolute Gasteiger partial charge is 0.394 e. The average Bonchev–Trinajstić information content (AvgIpc) is 3.01. The van der Waals surface area contributed by atoms with Gasteiger partial charge >= 0.3 is 0 Å². The molecule has 8 nitrogen and oxygen atoms in total. The monoisotopic (exact) mass is 357 g/mol. The highest BCUT2D eigenvalue weighted by atomic mass is 35.5. The van der Waals surface area contributed by atoms with Gasteiger partial charge in [0.15, 0.2) is 22.9 Å². The third-order valence-electron chi connectivity index (χ3n) is 3.68. The summed E-state index contributed by atoms with van der Waals surface area (Å²) in [7, 11) is 0. The minimum Gasteiger partial charge on any atom is -0.394 e. The number of hydrogen-bond donors (Lipinski definition) is 4. The lowest BCUT2D eigenvalue weighted by atomic mass is 9.99. The van der Waals surface area contributed by atoms with Gasteiger partial charge in [-0.2, -0.15) is 4.99 Å². The fourth-order valence-electron chi connectivity index (χ4n) is 2.58. The minimum absolute atomic E-state index is 0.130. The normalized spacial score (nSPS) is 32.6. The molecule has 2 unspecified atom stereocenters. The molecule has 0 aliphatic carbocycles. The van der Waals surface area contributed by atoms with E-state index in [1.54, 1.807) is 0 Å². The lowest BCUT2D eigenvalue weighted by molar-refractivity contribution is -0.0443. The van der Waals surface area contributed by atoms with Crippen LogP contribution in [0.4, 0.5) is 5.82 Å². The minimum atomic E-state index is -1.58. The maximum absolute atomic E-state index is 10.3. The zero-order chi connectivity index (χ0) is 16.8. The molecule has 2 aliphatic heterocycles. The van der Waals surface area contributed by atoms with Crippen molar-refractivity contribution in [3.05, 3.63) is 18.6 Å². The van der Waals surface area contributed by atoms with Crippen molar-refractivity contribution in [3.8, 4) is 11.3 Å². The molecule has 0 saturated carbocycles. The first-order valence-electron chi connectivity index (χ1n) is 6.55. The first-order valence-corrected chi connectivity index (χ1v) is 7.31. The van der Waals surface area contributed by atoms with Crippen LogP contribution >= 0.6 is 23.2 Å². The van der Waals surface area contributed by atoms with Crippen LogP contribution in [0.5, 0.6) is 0 Å². The lowest BCUT2D eigenvalue weighted by Crippen LogP contribution is -2.41. The van der Waals surface area contributed by atoms with Crippen LogP contribution in [0, 0.1) is 11.3 Å². The van der Waals surface area contributed by atoms with Crippen molar-refractivity contribution in [1.82, 2.24) is 14.9 Å². The van der Waals surface area contributed by atoms with Crippen LogP contribution in [0.3, 0.4) is 0 Å². The molecule has 1 aromatic heterocycles. The number of nitrogens with one attached hydrogen (secondary N) is 1. The van der Waals surface area contributed by atoms with Gasteiger partial charge in [0.05, 0.1) is 18.6 Å².